The summed E-state index contributed by atoms with van der Waals surface area (Å²) in [4.78, 5) is 0. The summed E-state index contributed by atoms with van der Waals surface area (Å²) in [5, 5.41) is 37.2. The Labute approximate surface area is 157 Å². The summed E-state index contributed by atoms with van der Waals surface area (Å²) in [6, 6.07) is 6.61. The Balaban J connectivity index is 2.42. The van der Waals surface area contributed by atoms with Crippen LogP contribution in [0.5, 0.6) is 0 Å². The predicted octanol–water partition coefficient (Wildman–Crippen LogP) is 4.59. The van der Waals surface area contributed by atoms with E-state index in [2.05, 4.69) is 0 Å². The van der Waals surface area contributed by atoms with Gasteiger partial charge >= 0.3 is 0 Å². The zero-order chi connectivity index (χ0) is 20.6. The highest BCUT2D eigenvalue weighted by Gasteiger charge is 2.47. The fourth-order valence-corrected chi connectivity index (χ4v) is 3.92. The zero-order valence-electron chi connectivity index (χ0n) is 13.9. The standard InChI is InChI=1S/C20H8F4N4/c21-15-1-11-12(2-16(15)22)20(10(7-27)8-28)14-4-18(24)17(23)3-13(14)19(11)9(5-25)6-26/h1-4,11-14H. The third kappa shape index (κ3) is 2.73. The van der Waals surface area contributed by atoms with E-state index in [-0.39, 0.29) is 11.1 Å². The van der Waals surface area contributed by atoms with Crippen molar-refractivity contribution in [3.63, 3.8) is 0 Å². The summed E-state index contributed by atoms with van der Waals surface area (Å²) in [6.07, 6.45) is 3.31. The molecule has 0 aliphatic heterocycles. The van der Waals surface area contributed by atoms with Crippen molar-refractivity contribution in [3.05, 3.63) is 69.9 Å². The molecule has 1 saturated carbocycles. The molecule has 136 valence electrons. The van der Waals surface area contributed by atoms with Gasteiger partial charge in [0.1, 0.15) is 35.4 Å². The average molecular weight is 380 g/mol. The van der Waals surface area contributed by atoms with E-state index in [0.29, 0.717) is 0 Å². The highest BCUT2D eigenvalue weighted by atomic mass is 19.2. The average Bonchev–Trinajstić information content (AvgIpc) is 2.68. The summed E-state index contributed by atoms with van der Waals surface area (Å²) in [5.41, 5.74) is -0.924. The molecular formula is C20H8F4N4. The number of nitrogens with zero attached hydrogens (tertiary/aromatic N) is 4. The van der Waals surface area contributed by atoms with Gasteiger partial charge in [-0.2, -0.15) is 21.0 Å². The van der Waals surface area contributed by atoms with Crippen LogP contribution in [-0.4, -0.2) is 0 Å². The molecule has 0 bridgehead atoms. The van der Waals surface area contributed by atoms with Gasteiger partial charge < -0.3 is 0 Å². The molecule has 4 atom stereocenters. The van der Waals surface area contributed by atoms with E-state index < -0.39 is 58.1 Å². The van der Waals surface area contributed by atoms with E-state index in [4.69, 9.17) is 0 Å². The molecule has 0 heterocycles. The number of fused-ring (bicyclic) bond motifs is 2. The quantitative estimate of drug-likeness (QED) is 0.453. The van der Waals surface area contributed by atoms with Crippen molar-refractivity contribution >= 4 is 0 Å². The minimum atomic E-state index is -1.25. The van der Waals surface area contributed by atoms with Gasteiger partial charge in [-0.05, 0) is 35.5 Å². The SMILES string of the molecule is N#CC(C#N)=C1C2C=C(F)C(F)=CC2C(=C(C#N)C#N)C2C=C(F)C(F)=CC12. The van der Waals surface area contributed by atoms with Crippen LogP contribution in [0.1, 0.15) is 0 Å². The third-order valence-corrected chi connectivity index (χ3v) is 4.99. The molecule has 3 rings (SSSR count). The second kappa shape index (κ2) is 7.03. The second-order valence-electron chi connectivity index (χ2n) is 6.27. The molecular weight excluding hydrogens is 372 g/mol. The van der Waals surface area contributed by atoms with Crippen molar-refractivity contribution in [1.82, 2.24) is 0 Å². The summed E-state index contributed by atoms with van der Waals surface area (Å²) in [5.74, 6) is -9.43. The number of nitriles is 4. The second-order valence-corrected chi connectivity index (χ2v) is 6.27. The lowest BCUT2D eigenvalue weighted by molar-refractivity contribution is 0.363. The molecule has 8 heteroatoms. The van der Waals surface area contributed by atoms with Gasteiger partial charge in [0.2, 0.25) is 0 Å². The predicted molar refractivity (Wildman–Crippen MR) is 87.2 cm³/mol. The van der Waals surface area contributed by atoms with Gasteiger partial charge in [0.25, 0.3) is 0 Å². The molecule has 0 radical (unpaired) electrons. The number of hydrogen-bond acceptors (Lipinski definition) is 4. The Morgan fingerprint density at radius 1 is 0.536 bits per heavy atom. The van der Waals surface area contributed by atoms with Crippen LogP contribution in [0.3, 0.4) is 0 Å². The van der Waals surface area contributed by atoms with E-state index >= 15 is 0 Å². The first-order valence-corrected chi connectivity index (χ1v) is 7.96. The number of hydrogen-bond donors (Lipinski definition) is 0. The smallest absolute Gasteiger partial charge is 0.155 e. The van der Waals surface area contributed by atoms with E-state index in [0.717, 1.165) is 24.3 Å². The monoisotopic (exact) mass is 380 g/mol. The van der Waals surface area contributed by atoms with Crippen molar-refractivity contribution in [2.45, 2.75) is 0 Å². The molecule has 3 aliphatic carbocycles. The Bertz CT molecular complexity index is 949. The lowest BCUT2D eigenvalue weighted by atomic mass is 9.58. The minimum Gasteiger partial charge on any atom is -0.204 e. The third-order valence-electron chi connectivity index (χ3n) is 4.99. The van der Waals surface area contributed by atoms with Crippen LogP contribution in [0.2, 0.25) is 0 Å². The fourth-order valence-electron chi connectivity index (χ4n) is 3.92. The highest BCUT2D eigenvalue weighted by molar-refractivity contribution is 5.57. The van der Waals surface area contributed by atoms with Crippen LogP contribution in [0.15, 0.2) is 69.9 Å². The fraction of sp³-hybridized carbons (Fsp3) is 0.200. The lowest BCUT2D eigenvalue weighted by Gasteiger charge is -2.44. The van der Waals surface area contributed by atoms with Crippen molar-refractivity contribution in [2.75, 3.05) is 0 Å². The van der Waals surface area contributed by atoms with E-state index in [1.54, 1.807) is 24.3 Å². The van der Waals surface area contributed by atoms with Crippen molar-refractivity contribution in [3.8, 4) is 24.3 Å². The Morgan fingerprint density at radius 3 is 0.929 bits per heavy atom. The van der Waals surface area contributed by atoms with Gasteiger partial charge in [0, 0.05) is 23.7 Å². The topological polar surface area (TPSA) is 95.2 Å². The van der Waals surface area contributed by atoms with Crippen molar-refractivity contribution < 1.29 is 17.6 Å². The van der Waals surface area contributed by atoms with Gasteiger partial charge in [-0.1, -0.05) is 0 Å². The first-order chi connectivity index (χ1) is 13.4. The molecule has 0 N–H and O–H groups in total. The van der Waals surface area contributed by atoms with Gasteiger partial charge in [0.15, 0.2) is 23.3 Å². The molecule has 0 saturated heterocycles. The minimum absolute atomic E-state index is 0.0169. The molecule has 4 unspecified atom stereocenters. The lowest BCUT2D eigenvalue weighted by Crippen LogP contribution is -2.37. The van der Waals surface area contributed by atoms with Crippen molar-refractivity contribution in [1.29, 1.82) is 21.0 Å². The summed E-state index contributed by atoms with van der Waals surface area (Å²) >= 11 is 0. The largest absolute Gasteiger partial charge is 0.204 e. The van der Waals surface area contributed by atoms with E-state index in [9.17, 15) is 38.6 Å². The molecule has 0 amide bonds. The number of rotatable bonds is 0. The highest BCUT2D eigenvalue weighted by Crippen LogP contribution is 2.54. The van der Waals surface area contributed by atoms with Gasteiger partial charge in [-0.3, -0.25) is 0 Å². The Kier molecular flexibility index (Phi) is 4.74. The van der Waals surface area contributed by atoms with Crippen LogP contribution >= 0.6 is 0 Å². The van der Waals surface area contributed by atoms with Crippen molar-refractivity contribution in [2.24, 2.45) is 23.7 Å². The Morgan fingerprint density at radius 2 is 0.750 bits per heavy atom. The summed E-state index contributed by atoms with van der Waals surface area (Å²) in [7, 11) is 0. The molecule has 28 heavy (non-hydrogen) atoms. The van der Waals surface area contributed by atoms with Crippen LogP contribution in [0.25, 0.3) is 0 Å². The maximum absolute atomic E-state index is 14.0. The maximum Gasteiger partial charge on any atom is 0.155 e. The Hall–Kier alpha value is -3.88. The first kappa shape index (κ1) is 18.9. The van der Waals surface area contributed by atoms with Gasteiger partial charge in [-0.25, -0.2) is 17.6 Å². The molecule has 4 nitrogen and oxygen atoms in total. The number of allylic oxidation sites excluding steroid dienone is 12. The summed E-state index contributed by atoms with van der Waals surface area (Å²) in [6.45, 7) is 0. The zero-order valence-corrected chi connectivity index (χ0v) is 13.9. The first-order valence-electron chi connectivity index (χ1n) is 7.96. The molecule has 1 fully saturated rings. The molecule has 0 spiro atoms. The van der Waals surface area contributed by atoms with Crippen LogP contribution in [0.4, 0.5) is 17.6 Å². The molecule has 3 aliphatic rings. The van der Waals surface area contributed by atoms with Crippen LogP contribution in [0, 0.1) is 69.0 Å². The number of halogens is 4. The van der Waals surface area contributed by atoms with Crippen LogP contribution in [-0.2, 0) is 0 Å². The normalized spacial score (nSPS) is 27.9. The van der Waals surface area contributed by atoms with E-state index in [1.165, 1.54) is 0 Å². The molecule has 0 aromatic heterocycles. The van der Waals surface area contributed by atoms with Crippen LogP contribution < -0.4 is 0 Å². The molecule has 0 aromatic rings. The maximum atomic E-state index is 14.0. The van der Waals surface area contributed by atoms with Gasteiger partial charge in [0.05, 0.1) is 0 Å². The molecule has 0 aromatic carbocycles. The van der Waals surface area contributed by atoms with Gasteiger partial charge in [-0.15, -0.1) is 0 Å². The van der Waals surface area contributed by atoms with E-state index in [1.807, 2.05) is 0 Å². The summed E-state index contributed by atoms with van der Waals surface area (Å²) < 4.78 is 55.9.